The average molecular weight is 392 g/mol. The van der Waals surface area contributed by atoms with E-state index >= 15 is 0 Å². The lowest BCUT2D eigenvalue weighted by Gasteiger charge is -2.18. The molecule has 2 amide bonds. The molecule has 0 saturated carbocycles. The van der Waals surface area contributed by atoms with Crippen molar-refractivity contribution in [3.05, 3.63) is 48.6 Å². The minimum atomic E-state index is -0.669. The third kappa shape index (κ3) is 11.0. The molecule has 0 aliphatic carbocycles. The summed E-state index contributed by atoms with van der Waals surface area (Å²) in [6, 6.07) is 0. The van der Waals surface area contributed by atoms with Crippen molar-refractivity contribution in [1.29, 1.82) is 0 Å². The Bertz CT molecular complexity index is 608. The molecule has 0 spiro atoms. The van der Waals surface area contributed by atoms with E-state index in [1.165, 1.54) is 6.08 Å². The molecule has 1 atom stereocenters. The van der Waals surface area contributed by atoms with Crippen molar-refractivity contribution >= 4 is 18.0 Å². The molecule has 156 valence electrons. The molecule has 7 heteroatoms. The van der Waals surface area contributed by atoms with Gasteiger partial charge in [0.1, 0.15) is 6.61 Å². The van der Waals surface area contributed by atoms with E-state index in [0.29, 0.717) is 0 Å². The first-order valence-electron chi connectivity index (χ1n) is 9.29. The monoisotopic (exact) mass is 392 g/mol. The third-order valence-corrected chi connectivity index (χ3v) is 3.95. The van der Waals surface area contributed by atoms with Gasteiger partial charge in [0, 0.05) is 12.5 Å². The predicted molar refractivity (Wildman–Crippen MR) is 110 cm³/mol. The van der Waals surface area contributed by atoms with E-state index in [-0.39, 0.29) is 38.6 Å². The van der Waals surface area contributed by atoms with Crippen LogP contribution >= 0.6 is 0 Å². The van der Waals surface area contributed by atoms with E-state index in [1.54, 1.807) is 6.08 Å². The minimum Gasteiger partial charge on any atom is -0.461 e. The molecular weight excluding hydrogens is 360 g/mol. The van der Waals surface area contributed by atoms with Crippen molar-refractivity contribution in [2.45, 2.75) is 33.6 Å². The van der Waals surface area contributed by atoms with Crippen LogP contribution in [0.5, 0.6) is 0 Å². The molecule has 0 aromatic carbocycles. The Labute approximate surface area is 167 Å². The summed E-state index contributed by atoms with van der Waals surface area (Å²) < 4.78 is 10.0. The Morgan fingerprint density at radius 1 is 1.14 bits per heavy atom. The van der Waals surface area contributed by atoms with Crippen LogP contribution in [0.1, 0.15) is 33.6 Å². The number of carbonyl (C=O) groups excluding carboxylic acids is 3. The number of nitrogens with one attached hydrogen (secondary N) is 2. The van der Waals surface area contributed by atoms with Crippen LogP contribution in [0, 0.1) is 5.92 Å². The fourth-order valence-corrected chi connectivity index (χ4v) is 2.30. The summed E-state index contributed by atoms with van der Waals surface area (Å²) >= 11 is 0. The summed E-state index contributed by atoms with van der Waals surface area (Å²) in [5.74, 6) is -0.789. The van der Waals surface area contributed by atoms with E-state index in [9.17, 15) is 14.4 Å². The molecular formula is C21H32N2O5. The molecule has 7 nitrogen and oxygen atoms in total. The number of hydrogen-bond donors (Lipinski definition) is 2. The fourth-order valence-electron chi connectivity index (χ4n) is 2.30. The Balaban J connectivity index is 4.26. The predicted octanol–water partition coefficient (Wildman–Crippen LogP) is 3.05. The van der Waals surface area contributed by atoms with Crippen LogP contribution in [-0.4, -0.2) is 44.3 Å². The van der Waals surface area contributed by atoms with Gasteiger partial charge in [-0.3, -0.25) is 9.59 Å². The summed E-state index contributed by atoms with van der Waals surface area (Å²) in [5, 5.41) is 4.90. The van der Waals surface area contributed by atoms with Crippen molar-refractivity contribution in [2.75, 3.05) is 26.3 Å². The lowest BCUT2D eigenvalue weighted by molar-refractivity contribution is -0.142. The number of carbonyl (C=O) groups is 3. The van der Waals surface area contributed by atoms with E-state index in [0.717, 1.165) is 17.6 Å². The van der Waals surface area contributed by atoms with E-state index in [4.69, 9.17) is 9.47 Å². The van der Waals surface area contributed by atoms with E-state index in [1.807, 2.05) is 32.9 Å². The maximum Gasteiger partial charge on any atom is 0.407 e. The number of rotatable bonds is 13. The molecule has 0 aliphatic heterocycles. The molecule has 0 fully saturated rings. The summed E-state index contributed by atoms with van der Waals surface area (Å²) in [6.45, 7) is 13.4. The highest BCUT2D eigenvalue weighted by Gasteiger charge is 2.14. The van der Waals surface area contributed by atoms with Crippen molar-refractivity contribution in [3.63, 3.8) is 0 Å². The van der Waals surface area contributed by atoms with E-state index in [2.05, 4.69) is 23.8 Å². The Kier molecular flexibility index (Phi) is 13.7. The van der Waals surface area contributed by atoms with Crippen LogP contribution in [0.4, 0.5) is 4.79 Å². The Morgan fingerprint density at radius 3 is 2.43 bits per heavy atom. The van der Waals surface area contributed by atoms with Gasteiger partial charge in [0.05, 0.1) is 19.6 Å². The molecule has 0 heterocycles. The second-order valence-electron chi connectivity index (χ2n) is 5.97. The lowest BCUT2D eigenvalue weighted by atomic mass is 9.93. The highest BCUT2D eigenvalue weighted by atomic mass is 16.5. The van der Waals surface area contributed by atoms with Crippen LogP contribution in [-0.2, 0) is 19.1 Å². The summed E-state index contributed by atoms with van der Waals surface area (Å²) in [6.07, 6.45) is 7.31. The second-order valence-corrected chi connectivity index (χ2v) is 5.97. The van der Waals surface area contributed by atoms with Gasteiger partial charge in [0.25, 0.3) is 0 Å². The molecule has 0 aliphatic rings. The van der Waals surface area contributed by atoms with Crippen molar-refractivity contribution in [2.24, 2.45) is 5.92 Å². The molecule has 0 bridgehead atoms. The van der Waals surface area contributed by atoms with E-state index < -0.39 is 18.0 Å². The van der Waals surface area contributed by atoms with Gasteiger partial charge in [-0.25, -0.2) is 4.79 Å². The summed E-state index contributed by atoms with van der Waals surface area (Å²) in [7, 11) is 0. The average Bonchev–Trinajstić information content (AvgIpc) is 2.69. The molecule has 0 aromatic rings. The third-order valence-electron chi connectivity index (χ3n) is 3.95. The molecule has 2 N–H and O–H groups in total. The zero-order valence-corrected chi connectivity index (χ0v) is 17.1. The van der Waals surface area contributed by atoms with Gasteiger partial charge < -0.3 is 20.1 Å². The molecule has 0 saturated heterocycles. The zero-order chi connectivity index (χ0) is 21.4. The number of alkyl carbamates (subject to hydrolysis) is 1. The van der Waals surface area contributed by atoms with Crippen LogP contribution < -0.4 is 10.6 Å². The quantitative estimate of drug-likeness (QED) is 0.285. The van der Waals surface area contributed by atoms with Crippen molar-refractivity contribution < 1.29 is 23.9 Å². The number of amides is 2. The normalized spacial score (nSPS) is 12.5. The number of ether oxygens (including phenoxy) is 2. The van der Waals surface area contributed by atoms with Crippen LogP contribution in [0.2, 0.25) is 0 Å². The fraction of sp³-hybridized carbons (Fsp3) is 0.476. The van der Waals surface area contributed by atoms with Crippen LogP contribution in [0.15, 0.2) is 48.6 Å². The molecule has 0 aromatic heterocycles. The van der Waals surface area contributed by atoms with Crippen LogP contribution in [0.25, 0.3) is 0 Å². The minimum absolute atomic E-state index is 0.0473. The van der Waals surface area contributed by atoms with Crippen molar-refractivity contribution in [3.8, 4) is 0 Å². The van der Waals surface area contributed by atoms with Gasteiger partial charge in [0.15, 0.2) is 0 Å². The molecule has 0 radical (unpaired) electrons. The number of esters is 1. The largest absolute Gasteiger partial charge is 0.461 e. The first-order valence-corrected chi connectivity index (χ1v) is 9.29. The lowest BCUT2D eigenvalue weighted by Crippen LogP contribution is -2.38. The standard InChI is InChI=1S/C21H32N2O5/c1-6-10-17(8-3)16(5)18(9-4)15-28-21(26)23-14-19(24)22-12-11-20(25)27-13-7-2/h6-8,10,18H,2-3,9,11-15H2,1,4-5H3,(H,22,24)(H,23,26)/b10-6-,17-16+. The van der Waals surface area contributed by atoms with Gasteiger partial charge in [-0.15, -0.1) is 0 Å². The highest BCUT2D eigenvalue weighted by Crippen LogP contribution is 2.20. The van der Waals surface area contributed by atoms with Crippen LogP contribution in [0.3, 0.4) is 0 Å². The van der Waals surface area contributed by atoms with Gasteiger partial charge in [-0.1, -0.05) is 50.0 Å². The second kappa shape index (κ2) is 15.2. The van der Waals surface area contributed by atoms with Gasteiger partial charge in [-0.2, -0.15) is 0 Å². The summed E-state index contributed by atoms with van der Waals surface area (Å²) in [4.78, 5) is 34.7. The van der Waals surface area contributed by atoms with Crippen molar-refractivity contribution in [1.82, 2.24) is 10.6 Å². The number of allylic oxidation sites excluding steroid dienone is 4. The molecule has 28 heavy (non-hydrogen) atoms. The Morgan fingerprint density at radius 2 is 1.86 bits per heavy atom. The zero-order valence-electron chi connectivity index (χ0n) is 17.1. The topological polar surface area (TPSA) is 93.7 Å². The first kappa shape index (κ1) is 25.2. The molecule has 1 unspecified atom stereocenters. The first-order chi connectivity index (χ1) is 13.4. The van der Waals surface area contributed by atoms with Gasteiger partial charge in [0.2, 0.25) is 5.91 Å². The highest BCUT2D eigenvalue weighted by molar-refractivity contribution is 5.82. The maximum absolute atomic E-state index is 11.8. The smallest absolute Gasteiger partial charge is 0.407 e. The number of hydrogen-bond acceptors (Lipinski definition) is 5. The van der Waals surface area contributed by atoms with Gasteiger partial charge in [-0.05, 0) is 25.8 Å². The van der Waals surface area contributed by atoms with Gasteiger partial charge >= 0.3 is 12.1 Å². The molecule has 0 rings (SSSR count). The Hall–Kier alpha value is -2.83. The maximum atomic E-state index is 11.8. The SMILES string of the molecule is C=CCOC(=O)CCNC(=O)CNC(=O)OCC(CC)/C(C)=C(C=C)/C=C\C. The summed E-state index contributed by atoms with van der Waals surface area (Å²) in [5.41, 5.74) is 2.09.